The number of nitrogens with zero attached hydrogens (tertiary/aromatic N) is 2. The molecule has 0 unspecified atom stereocenters. The molecular weight excluding hydrogens is 437 g/mol. The van der Waals surface area contributed by atoms with Gasteiger partial charge in [0.1, 0.15) is 11.4 Å². The lowest BCUT2D eigenvalue weighted by Crippen LogP contribution is -2.50. The van der Waals surface area contributed by atoms with E-state index in [1.54, 1.807) is 19.1 Å². The molecule has 0 radical (unpaired) electrons. The van der Waals surface area contributed by atoms with Crippen LogP contribution in [-0.4, -0.2) is 53.4 Å². The molecule has 2 aliphatic rings. The van der Waals surface area contributed by atoms with Crippen LogP contribution < -0.4 is 5.32 Å². The largest absolute Gasteiger partial charge is 0.466 e. The number of hydrogen-bond donors (Lipinski definition) is 1. The number of aromatic nitrogens is 1. The molecule has 0 atom stereocenters. The summed E-state index contributed by atoms with van der Waals surface area (Å²) in [7, 11) is 0. The Morgan fingerprint density at radius 2 is 1.91 bits per heavy atom. The van der Waals surface area contributed by atoms with Gasteiger partial charge in [0.15, 0.2) is 0 Å². The molecule has 2 heterocycles. The van der Waals surface area contributed by atoms with Crippen molar-refractivity contribution in [2.24, 2.45) is 5.41 Å². The fourth-order valence-corrected chi connectivity index (χ4v) is 5.20. The Morgan fingerprint density at radius 3 is 2.56 bits per heavy atom. The molecule has 1 saturated heterocycles. The number of piperidine rings is 1. The van der Waals surface area contributed by atoms with E-state index in [2.05, 4.69) is 9.88 Å². The number of rotatable bonds is 6. The van der Waals surface area contributed by atoms with Crippen LogP contribution in [0.15, 0.2) is 24.4 Å². The topological polar surface area (TPSA) is 72.8 Å². The number of anilines is 1. The average molecular weight is 474 g/mol. The van der Waals surface area contributed by atoms with Crippen LogP contribution in [0, 0.1) is 11.2 Å². The zero-order valence-corrected chi connectivity index (χ0v) is 20.7. The number of fused-ring (bicyclic) bond motifs is 1. The summed E-state index contributed by atoms with van der Waals surface area (Å²) >= 11 is 0. The Labute approximate surface area is 200 Å². The van der Waals surface area contributed by atoms with E-state index in [0.717, 1.165) is 49.7 Å². The molecule has 1 aromatic carbocycles. The third-order valence-electron chi connectivity index (χ3n) is 6.97. The molecule has 1 saturated carbocycles. The summed E-state index contributed by atoms with van der Waals surface area (Å²) in [5.41, 5.74) is 1.07. The summed E-state index contributed by atoms with van der Waals surface area (Å²) in [6.07, 6.45) is 6.05. The van der Waals surface area contributed by atoms with Gasteiger partial charge in [-0.25, -0.2) is 9.18 Å². The van der Waals surface area contributed by atoms with E-state index in [9.17, 15) is 14.0 Å². The summed E-state index contributed by atoms with van der Waals surface area (Å²) in [5, 5.41) is 3.98. The van der Waals surface area contributed by atoms with Crippen LogP contribution in [0.5, 0.6) is 0 Å². The van der Waals surface area contributed by atoms with E-state index in [1.165, 1.54) is 0 Å². The number of carbonyl (C=O) groups excluding carboxylic acids is 2. The second-order valence-corrected chi connectivity index (χ2v) is 10.6. The van der Waals surface area contributed by atoms with Gasteiger partial charge < -0.3 is 24.3 Å². The summed E-state index contributed by atoms with van der Waals surface area (Å²) in [4.78, 5) is 25.7. The maximum absolute atomic E-state index is 14.8. The first kappa shape index (κ1) is 24.4. The quantitative estimate of drug-likeness (QED) is 0.561. The minimum atomic E-state index is -0.477. The third-order valence-corrected chi connectivity index (χ3v) is 6.97. The number of esters is 1. The Kier molecular flexibility index (Phi) is 6.78. The molecule has 34 heavy (non-hydrogen) atoms. The van der Waals surface area contributed by atoms with Crippen molar-refractivity contribution in [1.29, 1.82) is 0 Å². The minimum absolute atomic E-state index is 0.196. The van der Waals surface area contributed by atoms with Crippen molar-refractivity contribution < 1.29 is 23.5 Å². The van der Waals surface area contributed by atoms with Crippen molar-refractivity contribution in [3.63, 3.8) is 0 Å². The van der Waals surface area contributed by atoms with Gasteiger partial charge in [-0.15, -0.1) is 0 Å². The molecule has 0 bridgehead atoms. The van der Waals surface area contributed by atoms with E-state index >= 15 is 0 Å². The summed E-state index contributed by atoms with van der Waals surface area (Å²) in [6.45, 7) is 9.55. The van der Waals surface area contributed by atoms with Crippen LogP contribution in [0.1, 0.15) is 65.8 Å². The number of likely N-dealkylation sites (tertiary alicyclic amines) is 1. The fraction of sp³-hybridized carbons (Fsp3) is 0.615. The maximum atomic E-state index is 14.8. The van der Waals surface area contributed by atoms with Crippen molar-refractivity contribution >= 4 is 28.7 Å². The maximum Gasteiger partial charge on any atom is 0.410 e. The van der Waals surface area contributed by atoms with Crippen LogP contribution in [0.4, 0.5) is 14.9 Å². The predicted molar refractivity (Wildman–Crippen MR) is 129 cm³/mol. The predicted octanol–water partition coefficient (Wildman–Crippen LogP) is 5.50. The van der Waals surface area contributed by atoms with Gasteiger partial charge in [-0.05, 0) is 70.9 Å². The minimum Gasteiger partial charge on any atom is -0.466 e. The van der Waals surface area contributed by atoms with Crippen molar-refractivity contribution in [2.45, 2.75) is 71.4 Å². The standard InChI is InChI=1S/C26H36FN3O4/c1-5-33-23(31)6-10-28-21-14-18-7-11-30(22(18)15-20(21)27)19-16-26(17-19)8-12-29(13-9-26)24(32)34-25(2,3)4/h7,11,14-15,19,28H,5-6,8-10,12-13,16-17H2,1-4H3. The average Bonchev–Trinajstić information content (AvgIpc) is 3.13. The first-order valence-corrected chi connectivity index (χ1v) is 12.3. The Hall–Kier alpha value is -2.77. The number of halogens is 1. The Bertz CT molecular complexity index is 1040. The molecule has 8 heteroatoms. The molecular formula is C26H36FN3O4. The van der Waals surface area contributed by atoms with Crippen LogP contribution in [0.3, 0.4) is 0 Å². The zero-order chi connectivity index (χ0) is 24.5. The number of amides is 1. The molecule has 1 N–H and O–H groups in total. The first-order valence-electron chi connectivity index (χ1n) is 12.3. The van der Waals surface area contributed by atoms with E-state index in [-0.39, 0.29) is 29.7 Å². The van der Waals surface area contributed by atoms with Crippen LogP contribution >= 0.6 is 0 Å². The monoisotopic (exact) mass is 473 g/mol. The molecule has 1 aliphatic carbocycles. The summed E-state index contributed by atoms with van der Waals surface area (Å²) < 4.78 is 27.4. The van der Waals surface area contributed by atoms with Gasteiger partial charge >= 0.3 is 12.1 Å². The summed E-state index contributed by atoms with van der Waals surface area (Å²) in [5.74, 6) is -0.616. The smallest absolute Gasteiger partial charge is 0.410 e. The van der Waals surface area contributed by atoms with Crippen LogP contribution in [0.2, 0.25) is 0 Å². The summed E-state index contributed by atoms with van der Waals surface area (Å²) in [6, 6.07) is 5.74. The normalized spacial score (nSPS) is 18.1. The van der Waals surface area contributed by atoms with Crippen LogP contribution in [0.25, 0.3) is 10.9 Å². The third kappa shape index (κ3) is 5.31. The van der Waals surface area contributed by atoms with Crippen molar-refractivity contribution in [1.82, 2.24) is 9.47 Å². The molecule has 2 fully saturated rings. The van der Waals surface area contributed by atoms with Gasteiger partial charge in [0.05, 0.1) is 24.2 Å². The second-order valence-electron chi connectivity index (χ2n) is 10.6. The molecule has 1 spiro atoms. The molecule has 4 rings (SSSR count). The number of benzene rings is 1. The molecule has 1 amide bonds. The number of ether oxygens (including phenoxy) is 2. The van der Waals surface area contributed by atoms with Crippen LogP contribution in [-0.2, 0) is 14.3 Å². The molecule has 1 aromatic heterocycles. The van der Waals surface area contributed by atoms with Crippen molar-refractivity contribution in [2.75, 3.05) is 31.6 Å². The van der Waals surface area contributed by atoms with Crippen molar-refractivity contribution in [3.8, 4) is 0 Å². The van der Waals surface area contributed by atoms with Crippen molar-refractivity contribution in [3.05, 3.63) is 30.2 Å². The second kappa shape index (κ2) is 9.47. The first-order chi connectivity index (χ1) is 16.1. The lowest BCUT2D eigenvalue weighted by Gasteiger charge is -2.52. The highest BCUT2D eigenvalue weighted by Crippen LogP contribution is 2.55. The Balaban J connectivity index is 1.34. The molecule has 2 aromatic rings. The number of carbonyl (C=O) groups is 2. The van der Waals surface area contributed by atoms with Gasteiger partial charge in [0, 0.05) is 43.3 Å². The highest BCUT2D eigenvalue weighted by molar-refractivity contribution is 5.84. The van der Waals surface area contributed by atoms with E-state index in [4.69, 9.17) is 9.47 Å². The van der Waals surface area contributed by atoms with E-state index < -0.39 is 5.60 Å². The van der Waals surface area contributed by atoms with Gasteiger partial charge in [0.25, 0.3) is 0 Å². The lowest BCUT2D eigenvalue weighted by atomic mass is 9.60. The fourth-order valence-electron chi connectivity index (χ4n) is 5.20. The number of nitrogens with one attached hydrogen (secondary N) is 1. The van der Waals surface area contributed by atoms with E-state index in [1.807, 2.05) is 37.9 Å². The zero-order valence-electron chi connectivity index (χ0n) is 20.7. The Morgan fingerprint density at radius 1 is 1.21 bits per heavy atom. The highest BCUT2D eigenvalue weighted by atomic mass is 19.1. The SMILES string of the molecule is CCOC(=O)CCNc1cc2ccn(C3CC4(CCN(C(=O)OC(C)(C)C)CC4)C3)c2cc1F. The van der Waals surface area contributed by atoms with Gasteiger partial charge in [-0.2, -0.15) is 0 Å². The van der Waals surface area contributed by atoms with Gasteiger partial charge in [-0.3, -0.25) is 4.79 Å². The van der Waals surface area contributed by atoms with Gasteiger partial charge in [0.2, 0.25) is 0 Å². The molecule has 7 nitrogen and oxygen atoms in total. The molecule has 186 valence electrons. The van der Waals surface area contributed by atoms with Gasteiger partial charge in [-0.1, -0.05) is 0 Å². The number of hydrogen-bond acceptors (Lipinski definition) is 5. The molecule has 1 aliphatic heterocycles. The van der Waals surface area contributed by atoms with E-state index in [0.29, 0.717) is 24.9 Å². The highest BCUT2D eigenvalue weighted by Gasteiger charge is 2.47. The lowest BCUT2D eigenvalue weighted by molar-refractivity contribution is -0.142.